The molecule has 1 unspecified atom stereocenters. The summed E-state index contributed by atoms with van der Waals surface area (Å²) in [6.07, 6.45) is 0. The second-order valence-corrected chi connectivity index (χ2v) is 10.1. The molecule has 6 nitrogen and oxygen atoms in total. The zero-order chi connectivity index (χ0) is 22.9. The van der Waals surface area contributed by atoms with Crippen LogP contribution in [-0.2, 0) is 0 Å². The van der Waals surface area contributed by atoms with Crippen molar-refractivity contribution in [2.24, 2.45) is 0 Å². The van der Waals surface area contributed by atoms with Crippen LogP contribution in [0.3, 0.4) is 0 Å². The molecule has 5 aromatic rings. The molecule has 2 aromatic heterocycles. The summed E-state index contributed by atoms with van der Waals surface area (Å²) in [5.74, 6) is 0.561. The van der Waals surface area contributed by atoms with E-state index in [-0.39, 0.29) is 11.6 Å². The third-order valence-electron chi connectivity index (χ3n) is 5.18. The van der Waals surface area contributed by atoms with Crippen LogP contribution in [0, 0.1) is 3.57 Å². The van der Waals surface area contributed by atoms with E-state index in [4.69, 9.17) is 16.6 Å². The molecule has 0 saturated heterocycles. The first-order valence-corrected chi connectivity index (χ1v) is 12.4. The number of fused-ring (bicyclic) bond motifs is 1. The number of para-hydroxylation sites is 1. The average molecular weight is 586 g/mol. The first kappa shape index (κ1) is 22.0. The zero-order valence-electron chi connectivity index (χ0n) is 17.4. The quantitative estimate of drug-likeness (QED) is 0.238. The Hall–Kier alpha value is -2.82. The number of benzene rings is 3. The molecular weight excluding hydrogens is 569 g/mol. The predicted molar refractivity (Wildman–Crippen MR) is 143 cm³/mol. The second-order valence-electron chi connectivity index (χ2n) is 7.39. The van der Waals surface area contributed by atoms with Crippen molar-refractivity contribution < 1.29 is 0 Å². The molecule has 0 bridgehead atoms. The molecule has 1 N–H and O–H groups in total. The molecule has 1 atom stereocenters. The van der Waals surface area contributed by atoms with Crippen LogP contribution in [0.25, 0.3) is 22.3 Å². The highest BCUT2D eigenvalue weighted by atomic mass is 127. The van der Waals surface area contributed by atoms with Crippen molar-refractivity contribution in [2.75, 3.05) is 5.32 Å². The lowest BCUT2D eigenvalue weighted by Gasteiger charge is -2.18. The van der Waals surface area contributed by atoms with Gasteiger partial charge in [0.15, 0.2) is 0 Å². The van der Waals surface area contributed by atoms with Crippen LogP contribution in [0.2, 0.25) is 5.02 Å². The van der Waals surface area contributed by atoms with E-state index in [1.165, 1.54) is 11.3 Å². The van der Waals surface area contributed by atoms with Gasteiger partial charge in [0.2, 0.25) is 5.13 Å². The van der Waals surface area contributed by atoms with Crippen molar-refractivity contribution in [3.63, 3.8) is 0 Å². The summed E-state index contributed by atoms with van der Waals surface area (Å²) in [4.78, 5) is 18.5. The van der Waals surface area contributed by atoms with Gasteiger partial charge in [-0.15, -0.1) is 10.2 Å². The molecule has 2 heterocycles. The van der Waals surface area contributed by atoms with Gasteiger partial charge in [-0.05, 0) is 84.1 Å². The van der Waals surface area contributed by atoms with E-state index in [9.17, 15) is 4.79 Å². The lowest BCUT2D eigenvalue weighted by molar-refractivity contribution is 0.607. The molecule has 0 aliphatic carbocycles. The van der Waals surface area contributed by atoms with Crippen LogP contribution in [0.15, 0.2) is 77.6 Å². The minimum absolute atomic E-state index is 0.122. The van der Waals surface area contributed by atoms with E-state index in [0.717, 1.165) is 14.8 Å². The standard InChI is InChI=1S/C24H17ClIN5OS/c1-14(22-29-30-24(33-22)27-18-5-3-2-4-6-18)31-21(15-7-9-16(25)10-8-15)28-20-12-11-17(26)13-19(20)23(31)32/h2-14H,1H3,(H,27,30). The van der Waals surface area contributed by atoms with Gasteiger partial charge in [0.1, 0.15) is 10.8 Å². The Kier molecular flexibility index (Phi) is 6.13. The number of hydrogen-bond donors (Lipinski definition) is 1. The zero-order valence-corrected chi connectivity index (χ0v) is 21.1. The van der Waals surface area contributed by atoms with Crippen molar-refractivity contribution in [2.45, 2.75) is 13.0 Å². The molecule has 9 heteroatoms. The SMILES string of the molecule is CC(c1nnc(Nc2ccccc2)s1)n1c(-c2ccc(Cl)cc2)nc2ccc(I)cc2c1=O. The molecule has 0 aliphatic heterocycles. The van der Waals surface area contributed by atoms with Crippen LogP contribution >= 0.6 is 45.5 Å². The lowest BCUT2D eigenvalue weighted by Crippen LogP contribution is -2.27. The number of anilines is 2. The molecule has 5 rings (SSSR count). The van der Waals surface area contributed by atoms with Crippen molar-refractivity contribution in [1.82, 2.24) is 19.7 Å². The summed E-state index contributed by atoms with van der Waals surface area (Å²) >= 11 is 9.71. The monoisotopic (exact) mass is 585 g/mol. The number of halogens is 2. The summed E-state index contributed by atoms with van der Waals surface area (Å²) in [6, 6.07) is 22.4. The Balaban J connectivity index is 1.63. The van der Waals surface area contributed by atoms with Crippen molar-refractivity contribution in [3.8, 4) is 11.4 Å². The summed E-state index contributed by atoms with van der Waals surface area (Å²) in [6.45, 7) is 1.94. The Morgan fingerprint density at radius 2 is 1.79 bits per heavy atom. The summed E-state index contributed by atoms with van der Waals surface area (Å²) in [5.41, 5.74) is 2.26. The summed E-state index contributed by atoms with van der Waals surface area (Å²) in [7, 11) is 0. The third kappa shape index (κ3) is 4.50. The highest BCUT2D eigenvalue weighted by molar-refractivity contribution is 14.1. The third-order valence-corrected chi connectivity index (χ3v) is 7.11. The number of rotatable bonds is 5. The molecular formula is C24H17ClIN5OS. The number of nitrogens with one attached hydrogen (secondary N) is 1. The Bertz CT molecular complexity index is 1500. The molecule has 0 amide bonds. The summed E-state index contributed by atoms with van der Waals surface area (Å²) < 4.78 is 2.66. The Labute approximate surface area is 212 Å². The largest absolute Gasteiger partial charge is 0.330 e. The van der Waals surface area contributed by atoms with E-state index in [2.05, 4.69) is 38.1 Å². The van der Waals surface area contributed by atoms with Gasteiger partial charge in [-0.3, -0.25) is 9.36 Å². The smallest absolute Gasteiger partial charge is 0.262 e. The van der Waals surface area contributed by atoms with Gasteiger partial charge in [-0.2, -0.15) is 0 Å². The van der Waals surface area contributed by atoms with Crippen LogP contribution < -0.4 is 10.9 Å². The van der Waals surface area contributed by atoms with Crippen molar-refractivity contribution in [1.29, 1.82) is 0 Å². The molecule has 3 aromatic carbocycles. The van der Waals surface area contributed by atoms with Gasteiger partial charge in [0, 0.05) is 19.8 Å². The predicted octanol–water partition coefficient (Wildman–Crippen LogP) is 6.53. The van der Waals surface area contributed by atoms with E-state index >= 15 is 0 Å². The maximum atomic E-state index is 13.7. The molecule has 0 spiro atoms. The first-order valence-electron chi connectivity index (χ1n) is 10.1. The maximum Gasteiger partial charge on any atom is 0.262 e. The maximum absolute atomic E-state index is 13.7. The number of hydrogen-bond acceptors (Lipinski definition) is 6. The van der Waals surface area contributed by atoms with Crippen LogP contribution in [-0.4, -0.2) is 19.7 Å². The van der Waals surface area contributed by atoms with E-state index < -0.39 is 0 Å². The summed E-state index contributed by atoms with van der Waals surface area (Å²) in [5, 5.41) is 14.5. The Morgan fingerprint density at radius 3 is 2.55 bits per heavy atom. The van der Waals surface area contributed by atoms with Crippen molar-refractivity contribution in [3.05, 3.63) is 96.8 Å². The highest BCUT2D eigenvalue weighted by Gasteiger charge is 2.22. The normalized spacial score (nSPS) is 12.1. The van der Waals surface area contributed by atoms with Crippen LogP contribution in [0.4, 0.5) is 10.8 Å². The van der Waals surface area contributed by atoms with Crippen LogP contribution in [0.1, 0.15) is 18.0 Å². The molecule has 0 radical (unpaired) electrons. The fraction of sp³-hybridized carbons (Fsp3) is 0.0833. The molecule has 0 saturated carbocycles. The van der Waals surface area contributed by atoms with Gasteiger partial charge in [0.05, 0.1) is 16.9 Å². The van der Waals surface area contributed by atoms with Crippen LogP contribution in [0.5, 0.6) is 0 Å². The first-order chi connectivity index (χ1) is 16.0. The topological polar surface area (TPSA) is 72.7 Å². The molecule has 164 valence electrons. The van der Waals surface area contributed by atoms with Gasteiger partial charge >= 0.3 is 0 Å². The number of aromatic nitrogens is 4. The van der Waals surface area contributed by atoms with E-state index in [0.29, 0.717) is 31.9 Å². The van der Waals surface area contributed by atoms with E-state index in [1.807, 2.05) is 67.6 Å². The van der Waals surface area contributed by atoms with E-state index in [1.54, 1.807) is 16.7 Å². The fourth-order valence-electron chi connectivity index (χ4n) is 3.54. The lowest BCUT2D eigenvalue weighted by atomic mass is 10.1. The van der Waals surface area contributed by atoms with Gasteiger partial charge in [-0.25, -0.2) is 4.98 Å². The van der Waals surface area contributed by atoms with Gasteiger partial charge in [-0.1, -0.05) is 41.1 Å². The molecule has 33 heavy (non-hydrogen) atoms. The van der Waals surface area contributed by atoms with Crippen molar-refractivity contribution >= 4 is 67.3 Å². The minimum Gasteiger partial charge on any atom is -0.330 e. The average Bonchev–Trinajstić information content (AvgIpc) is 3.29. The second kappa shape index (κ2) is 9.20. The molecule has 0 aliphatic rings. The number of nitrogens with zero attached hydrogens (tertiary/aromatic N) is 4. The Morgan fingerprint density at radius 1 is 1.03 bits per heavy atom. The molecule has 0 fully saturated rings. The van der Waals surface area contributed by atoms with Gasteiger partial charge < -0.3 is 5.32 Å². The van der Waals surface area contributed by atoms with Gasteiger partial charge in [0.25, 0.3) is 5.56 Å². The fourth-order valence-corrected chi connectivity index (χ4v) is 4.97. The highest BCUT2D eigenvalue weighted by Crippen LogP contribution is 2.30. The minimum atomic E-state index is -0.373.